The third kappa shape index (κ3) is 4.78. The van der Waals surface area contributed by atoms with Gasteiger partial charge in [0.1, 0.15) is 0 Å². The third-order valence-electron chi connectivity index (χ3n) is 3.64. The van der Waals surface area contributed by atoms with Crippen LogP contribution in [-0.4, -0.2) is 40.9 Å². The molecule has 1 amide bonds. The number of carbonyl (C=O) groups is 1. The molecular formula is C15H19Cl2NO2S. The Morgan fingerprint density at radius 3 is 2.76 bits per heavy atom. The van der Waals surface area contributed by atoms with E-state index in [1.165, 1.54) is 18.2 Å². The van der Waals surface area contributed by atoms with Crippen LogP contribution in [0.5, 0.6) is 0 Å². The highest BCUT2D eigenvalue weighted by Crippen LogP contribution is 2.31. The number of benzene rings is 1. The van der Waals surface area contributed by atoms with Crippen molar-refractivity contribution in [2.45, 2.75) is 36.6 Å². The molecule has 2 rings (SSSR count). The Bertz CT molecular complexity index is 495. The number of hydrogen-bond donors (Lipinski definition) is 1. The smallest absolute Gasteiger partial charge is 0.233 e. The van der Waals surface area contributed by atoms with Crippen LogP contribution in [0.25, 0.3) is 0 Å². The lowest BCUT2D eigenvalue weighted by Crippen LogP contribution is -2.45. The molecule has 0 saturated heterocycles. The van der Waals surface area contributed by atoms with Crippen molar-refractivity contribution in [2.75, 3.05) is 18.9 Å². The fraction of sp³-hybridized carbons (Fsp3) is 0.533. The van der Waals surface area contributed by atoms with E-state index in [0.717, 1.165) is 17.7 Å². The molecule has 0 atom stereocenters. The van der Waals surface area contributed by atoms with Crippen molar-refractivity contribution in [2.24, 2.45) is 0 Å². The molecule has 1 N–H and O–H groups in total. The highest BCUT2D eigenvalue weighted by Gasteiger charge is 2.28. The number of rotatable bonds is 7. The van der Waals surface area contributed by atoms with Crippen molar-refractivity contribution in [3.63, 3.8) is 0 Å². The molecule has 0 bridgehead atoms. The maximum Gasteiger partial charge on any atom is 0.233 e. The SMILES string of the molecule is O=C(CSc1cc(Cl)ccc1Cl)N(CCCO)C1CCC1. The molecule has 6 heteroatoms. The Balaban J connectivity index is 1.93. The second-order valence-corrected chi connectivity index (χ2v) is 6.97. The summed E-state index contributed by atoms with van der Waals surface area (Å²) in [5.41, 5.74) is 0. The second-order valence-electron chi connectivity index (χ2n) is 5.11. The average Bonchev–Trinajstić information content (AvgIpc) is 2.41. The average molecular weight is 348 g/mol. The van der Waals surface area contributed by atoms with E-state index in [4.69, 9.17) is 28.3 Å². The number of hydrogen-bond acceptors (Lipinski definition) is 3. The summed E-state index contributed by atoms with van der Waals surface area (Å²) in [4.78, 5) is 15.1. The summed E-state index contributed by atoms with van der Waals surface area (Å²) >= 11 is 13.5. The first-order valence-corrected chi connectivity index (χ1v) is 8.84. The first-order valence-electron chi connectivity index (χ1n) is 7.10. The quantitative estimate of drug-likeness (QED) is 0.761. The van der Waals surface area contributed by atoms with Crippen LogP contribution in [0.3, 0.4) is 0 Å². The Kier molecular flexibility index (Phi) is 6.68. The lowest BCUT2D eigenvalue weighted by molar-refractivity contribution is -0.132. The zero-order valence-electron chi connectivity index (χ0n) is 11.7. The summed E-state index contributed by atoms with van der Waals surface area (Å²) in [7, 11) is 0. The Morgan fingerprint density at radius 1 is 1.38 bits per heavy atom. The van der Waals surface area contributed by atoms with Gasteiger partial charge in [0.15, 0.2) is 0 Å². The lowest BCUT2D eigenvalue weighted by Gasteiger charge is -2.37. The van der Waals surface area contributed by atoms with Crippen molar-refractivity contribution in [3.8, 4) is 0 Å². The number of carbonyl (C=O) groups excluding carboxylic acids is 1. The fourth-order valence-corrected chi connectivity index (χ4v) is 3.64. The Labute approximate surface area is 139 Å². The molecule has 1 aliphatic carbocycles. The number of amides is 1. The predicted molar refractivity (Wildman–Crippen MR) is 88.2 cm³/mol. The van der Waals surface area contributed by atoms with E-state index in [9.17, 15) is 4.79 Å². The van der Waals surface area contributed by atoms with Crippen molar-refractivity contribution >= 4 is 40.9 Å². The summed E-state index contributed by atoms with van der Waals surface area (Å²) in [5, 5.41) is 10.2. The van der Waals surface area contributed by atoms with Crippen molar-refractivity contribution < 1.29 is 9.90 Å². The van der Waals surface area contributed by atoms with Crippen LogP contribution in [0.4, 0.5) is 0 Å². The van der Waals surface area contributed by atoms with Gasteiger partial charge in [0.25, 0.3) is 0 Å². The van der Waals surface area contributed by atoms with Crippen molar-refractivity contribution in [1.82, 2.24) is 4.90 Å². The van der Waals surface area contributed by atoms with E-state index in [-0.39, 0.29) is 12.5 Å². The number of nitrogens with zero attached hydrogens (tertiary/aromatic N) is 1. The maximum atomic E-state index is 12.4. The second kappa shape index (κ2) is 8.28. The number of thioether (sulfide) groups is 1. The third-order valence-corrected chi connectivity index (χ3v) is 5.35. The number of halogens is 2. The topological polar surface area (TPSA) is 40.5 Å². The van der Waals surface area contributed by atoms with Crippen molar-refractivity contribution in [3.05, 3.63) is 28.2 Å². The summed E-state index contributed by atoms with van der Waals surface area (Å²) in [6.45, 7) is 0.744. The van der Waals surface area contributed by atoms with Gasteiger partial charge in [0, 0.05) is 29.1 Å². The van der Waals surface area contributed by atoms with Gasteiger partial charge in [-0.3, -0.25) is 4.79 Å². The molecule has 1 saturated carbocycles. The summed E-state index contributed by atoms with van der Waals surface area (Å²) < 4.78 is 0. The summed E-state index contributed by atoms with van der Waals surface area (Å²) in [6, 6.07) is 5.60. The van der Waals surface area contributed by atoms with E-state index in [2.05, 4.69) is 0 Å². The van der Waals surface area contributed by atoms with Crippen LogP contribution >= 0.6 is 35.0 Å². The van der Waals surface area contributed by atoms with E-state index >= 15 is 0 Å². The molecular weight excluding hydrogens is 329 g/mol. The molecule has 0 aliphatic heterocycles. The molecule has 0 heterocycles. The van der Waals surface area contributed by atoms with Gasteiger partial charge >= 0.3 is 0 Å². The molecule has 1 fully saturated rings. The number of aliphatic hydroxyl groups is 1. The molecule has 3 nitrogen and oxygen atoms in total. The van der Waals surface area contributed by atoms with Crippen molar-refractivity contribution in [1.29, 1.82) is 0 Å². The molecule has 0 aromatic heterocycles. The molecule has 0 unspecified atom stereocenters. The zero-order chi connectivity index (χ0) is 15.2. The molecule has 1 aromatic carbocycles. The minimum atomic E-state index is 0.106. The minimum absolute atomic E-state index is 0.106. The first kappa shape index (κ1) is 16.9. The zero-order valence-corrected chi connectivity index (χ0v) is 14.1. The van der Waals surface area contributed by atoms with Gasteiger partial charge in [0.05, 0.1) is 10.8 Å². The van der Waals surface area contributed by atoms with E-state index in [1.807, 2.05) is 4.90 Å². The van der Waals surface area contributed by atoms with E-state index < -0.39 is 0 Å². The van der Waals surface area contributed by atoms with Crippen LogP contribution in [-0.2, 0) is 4.79 Å². The maximum absolute atomic E-state index is 12.4. The highest BCUT2D eigenvalue weighted by molar-refractivity contribution is 8.00. The lowest BCUT2D eigenvalue weighted by atomic mass is 9.91. The van der Waals surface area contributed by atoms with Gasteiger partial charge in [-0.2, -0.15) is 0 Å². The van der Waals surface area contributed by atoms with Gasteiger partial charge in [-0.15, -0.1) is 11.8 Å². The van der Waals surface area contributed by atoms with Crippen LogP contribution in [0, 0.1) is 0 Å². The van der Waals surface area contributed by atoms with Gasteiger partial charge in [-0.25, -0.2) is 0 Å². The normalized spacial score (nSPS) is 14.8. The van der Waals surface area contributed by atoms with Crippen LogP contribution in [0.1, 0.15) is 25.7 Å². The summed E-state index contributed by atoms with van der Waals surface area (Å²) in [5.74, 6) is 0.455. The minimum Gasteiger partial charge on any atom is -0.396 e. The molecule has 1 aliphatic rings. The van der Waals surface area contributed by atoms with Gasteiger partial charge in [-0.05, 0) is 43.9 Å². The largest absolute Gasteiger partial charge is 0.396 e. The Hall–Kier alpha value is -0.420. The van der Waals surface area contributed by atoms with Crippen LogP contribution in [0.2, 0.25) is 10.0 Å². The van der Waals surface area contributed by atoms with Gasteiger partial charge in [-0.1, -0.05) is 23.2 Å². The van der Waals surface area contributed by atoms with Gasteiger partial charge < -0.3 is 10.0 Å². The molecule has 1 aromatic rings. The van der Waals surface area contributed by atoms with E-state index in [1.54, 1.807) is 18.2 Å². The van der Waals surface area contributed by atoms with Crippen LogP contribution < -0.4 is 0 Å². The fourth-order valence-electron chi connectivity index (χ4n) is 2.26. The van der Waals surface area contributed by atoms with Crippen LogP contribution in [0.15, 0.2) is 23.1 Å². The molecule has 0 radical (unpaired) electrons. The standard InChI is InChI=1S/C15H19Cl2NO2S/c16-11-5-6-13(17)14(9-11)21-10-15(20)18(7-2-8-19)12-3-1-4-12/h5-6,9,12,19H,1-4,7-8,10H2. The highest BCUT2D eigenvalue weighted by atomic mass is 35.5. The Morgan fingerprint density at radius 2 is 2.14 bits per heavy atom. The molecule has 0 spiro atoms. The molecule has 21 heavy (non-hydrogen) atoms. The monoisotopic (exact) mass is 347 g/mol. The predicted octanol–water partition coefficient (Wildman–Crippen LogP) is 3.85. The number of aliphatic hydroxyl groups excluding tert-OH is 1. The molecule has 116 valence electrons. The van der Waals surface area contributed by atoms with E-state index in [0.29, 0.717) is 34.8 Å². The first-order chi connectivity index (χ1) is 10.1. The summed E-state index contributed by atoms with van der Waals surface area (Å²) in [6.07, 6.45) is 3.95. The van der Waals surface area contributed by atoms with Gasteiger partial charge in [0.2, 0.25) is 5.91 Å².